The van der Waals surface area contributed by atoms with Crippen LogP contribution >= 0.6 is 11.8 Å². The Balaban J connectivity index is 2.04. The number of carbonyl (C=O) groups is 2. The Labute approximate surface area is 134 Å². The number of benzene rings is 1. The zero-order valence-electron chi connectivity index (χ0n) is 13.0. The highest BCUT2D eigenvalue weighted by atomic mass is 32.2. The molecule has 22 heavy (non-hydrogen) atoms. The Morgan fingerprint density at radius 1 is 1.36 bits per heavy atom. The molecule has 1 saturated carbocycles. The Morgan fingerprint density at radius 2 is 2.05 bits per heavy atom. The number of carbonyl (C=O) groups excluding carboxylic acids is 1. The van der Waals surface area contributed by atoms with E-state index >= 15 is 0 Å². The van der Waals surface area contributed by atoms with Crippen molar-refractivity contribution in [1.82, 2.24) is 4.90 Å². The van der Waals surface area contributed by atoms with E-state index in [0.29, 0.717) is 19.4 Å². The largest absolute Gasteiger partial charge is 0.496 e. The molecule has 0 spiro atoms. The number of hydrogen-bond acceptors (Lipinski definition) is 4. The van der Waals surface area contributed by atoms with Gasteiger partial charge in [-0.25, -0.2) is 0 Å². The number of carboxylic acids is 1. The van der Waals surface area contributed by atoms with E-state index in [0.717, 1.165) is 16.2 Å². The summed E-state index contributed by atoms with van der Waals surface area (Å²) in [6, 6.07) is 5.86. The molecule has 1 aliphatic carbocycles. The van der Waals surface area contributed by atoms with Crippen LogP contribution in [0.5, 0.6) is 5.75 Å². The average molecular weight is 323 g/mol. The molecule has 0 bridgehead atoms. The molecule has 0 aromatic heterocycles. The Hall–Kier alpha value is -1.69. The molecular formula is C16H21NO4S. The summed E-state index contributed by atoms with van der Waals surface area (Å²) < 4.78 is 5.35. The van der Waals surface area contributed by atoms with E-state index in [2.05, 4.69) is 0 Å². The summed E-state index contributed by atoms with van der Waals surface area (Å²) in [7, 11) is 3.34. The highest BCUT2D eigenvalue weighted by Crippen LogP contribution is 2.36. The number of rotatable bonds is 6. The zero-order valence-corrected chi connectivity index (χ0v) is 13.9. The summed E-state index contributed by atoms with van der Waals surface area (Å²) >= 11 is 1.60. The highest BCUT2D eigenvalue weighted by Gasteiger charge is 2.42. The zero-order chi connectivity index (χ0) is 16.3. The minimum absolute atomic E-state index is 0.0911. The molecule has 2 atom stereocenters. The maximum absolute atomic E-state index is 12.3. The molecule has 1 amide bonds. The number of ether oxygens (including phenoxy) is 1. The SMILES string of the molecule is COc1cc(CN(C)C(=O)C2CCC2C(=O)O)ccc1SC. The smallest absolute Gasteiger partial charge is 0.307 e. The number of aliphatic carboxylic acids is 1. The van der Waals surface area contributed by atoms with Gasteiger partial charge in [-0.15, -0.1) is 11.8 Å². The van der Waals surface area contributed by atoms with E-state index in [1.807, 2.05) is 24.5 Å². The van der Waals surface area contributed by atoms with Gasteiger partial charge < -0.3 is 14.7 Å². The van der Waals surface area contributed by atoms with Gasteiger partial charge in [0.2, 0.25) is 5.91 Å². The maximum atomic E-state index is 12.3. The minimum atomic E-state index is -0.871. The number of carboxylic acid groups (broad SMARTS) is 1. The first-order chi connectivity index (χ1) is 10.5. The fourth-order valence-corrected chi connectivity index (χ4v) is 3.25. The van der Waals surface area contributed by atoms with Gasteiger partial charge in [0.15, 0.2) is 0 Å². The Kier molecular flexibility index (Phi) is 5.34. The molecule has 0 heterocycles. The molecule has 1 aliphatic rings. The van der Waals surface area contributed by atoms with E-state index in [9.17, 15) is 9.59 Å². The summed E-state index contributed by atoms with van der Waals surface area (Å²) in [5.41, 5.74) is 0.969. The third-order valence-electron chi connectivity index (χ3n) is 4.15. The van der Waals surface area contributed by atoms with Gasteiger partial charge >= 0.3 is 5.97 Å². The van der Waals surface area contributed by atoms with Gasteiger partial charge in [0.05, 0.1) is 18.9 Å². The Bertz CT molecular complexity index is 575. The molecule has 1 aromatic carbocycles. The van der Waals surface area contributed by atoms with Crippen LogP contribution in [0.2, 0.25) is 0 Å². The molecule has 1 aromatic rings. The predicted molar refractivity (Wildman–Crippen MR) is 85.1 cm³/mol. The fourth-order valence-electron chi connectivity index (χ4n) is 2.71. The first-order valence-electron chi connectivity index (χ1n) is 7.16. The van der Waals surface area contributed by atoms with Crippen molar-refractivity contribution in [2.24, 2.45) is 11.8 Å². The van der Waals surface area contributed by atoms with Gasteiger partial charge in [0.1, 0.15) is 5.75 Å². The van der Waals surface area contributed by atoms with Gasteiger partial charge in [-0.05, 0) is 36.8 Å². The van der Waals surface area contributed by atoms with Crippen LogP contribution in [0.15, 0.2) is 23.1 Å². The van der Waals surface area contributed by atoms with Crippen molar-refractivity contribution in [3.63, 3.8) is 0 Å². The third kappa shape index (κ3) is 3.38. The van der Waals surface area contributed by atoms with Crippen LogP contribution in [0.1, 0.15) is 18.4 Å². The van der Waals surface area contributed by atoms with E-state index in [-0.39, 0.29) is 11.8 Å². The van der Waals surface area contributed by atoms with E-state index in [1.54, 1.807) is 30.8 Å². The topological polar surface area (TPSA) is 66.8 Å². The second kappa shape index (κ2) is 7.05. The van der Waals surface area contributed by atoms with Crippen LogP contribution in [-0.4, -0.2) is 42.3 Å². The van der Waals surface area contributed by atoms with Crippen molar-refractivity contribution in [2.45, 2.75) is 24.3 Å². The summed E-state index contributed by atoms with van der Waals surface area (Å²) in [5.74, 6) is -1.08. The van der Waals surface area contributed by atoms with Crippen molar-refractivity contribution in [2.75, 3.05) is 20.4 Å². The van der Waals surface area contributed by atoms with Gasteiger partial charge in [-0.1, -0.05) is 6.07 Å². The summed E-state index contributed by atoms with van der Waals surface area (Å²) in [4.78, 5) is 26.0. The third-order valence-corrected chi connectivity index (χ3v) is 4.93. The summed E-state index contributed by atoms with van der Waals surface area (Å²) in [5, 5.41) is 9.06. The standard InChI is InChI=1S/C16H21NO4S/c1-17(15(18)11-5-6-12(11)16(19)20)9-10-4-7-14(22-3)13(8-10)21-2/h4,7-8,11-12H,5-6,9H2,1-3H3,(H,19,20). The molecule has 0 aliphatic heterocycles. The average Bonchev–Trinajstić information content (AvgIpc) is 2.45. The van der Waals surface area contributed by atoms with Crippen molar-refractivity contribution >= 4 is 23.6 Å². The molecule has 120 valence electrons. The van der Waals surface area contributed by atoms with Crippen molar-refractivity contribution in [1.29, 1.82) is 0 Å². The lowest BCUT2D eigenvalue weighted by molar-refractivity contribution is -0.156. The number of amides is 1. The molecule has 6 heteroatoms. The maximum Gasteiger partial charge on any atom is 0.307 e. The fraction of sp³-hybridized carbons (Fsp3) is 0.500. The second-order valence-electron chi connectivity index (χ2n) is 5.51. The van der Waals surface area contributed by atoms with Crippen LogP contribution in [0.3, 0.4) is 0 Å². The number of thioether (sulfide) groups is 1. The predicted octanol–water partition coefficient (Wildman–Crippen LogP) is 2.49. The number of nitrogens with zero attached hydrogens (tertiary/aromatic N) is 1. The lowest BCUT2D eigenvalue weighted by Crippen LogP contribution is -2.44. The number of methoxy groups -OCH3 is 1. The van der Waals surface area contributed by atoms with Crippen molar-refractivity contribution in [3.8, 4) is 5.75 Å². The highest BCUT2D eigenvalue weighted by molar-refractivity contribution is 7.98. The lowest BCUT2D eigenvalue weighted by atomic mass is 9.73. The van der Waals surface area contributed by atoms with Gasteiger partial charge in [-0.2, -0.15) is 0 Å². The first kappa shape index (κ1) is 16.7. The summed E-state index contributed by atoms with van der Waals surface area (Å²) in [6.45, 7) is 0.451. The second-order valence-corrected chi connectivity index (χ2v) is 6.36. The van der Waals surface area contributed by atoms with Crippen molar-refractivity contribution in [3.05, 3.63) is 23.8 Å². The summed E-state index contributed by atoms with van der Waals surface area (Å²) in [6.07, 6.45) is 3.24. The van der Waals surface area contributed by atoms with Gasteiger partial charge in [0, 0.05) is 18.5 Å². The normalized spacial score (nSPS) is 20.1. The van der Waals surface area contributed by atoms with Crippen LogP contribution in [0.25, 0.3) is 0 Å². The van der Waals surface area contributed by atoms with Crippen molar-refractivity contribution < 1.29 is 19.4 Å². The van der Waals surface area contributed by atoms with E-state index in [1.165, 1.54) is 0 Å². The molecule has 0 saturated heterocycles. The monoisotopic (exact) mass is 323 g/mol. The molecule has 2 rings (SSSR count). The van der Waals surface area contributed by atoms with Crippen LogP contribution in [0.4, 0.5) is 0 Å². The minimum Gasteiger partial charge on any atom is -0.496 e. The van der Waals surface area contributed by atoms with Crippen LogP contribution < -0.4 is 4.74 Å². The van der Waals surface area contributed by atoms with E-state index < -0.39 is 11.9 Å². The quantitative estimate of drug-likeness (QED) is 0.815. The first-order valence-corrected chi connectivity index (χ1v) is 8.39. The molecule has 1 fully saturated rings. The van der Waals surface area contributed by atoms with Crippen LogP contribution in [-0.2, 0) is 16.1 Å². The van der Waals surface area contributed by atoms with Gasteiger partial charge in [-0.3, -0.25) is 9.59 Å². The molecular weight excluding hydrogens is 302 g/mol. The number of hydrogen-bond donors (Lipinski definition) is 1. The molecule has 5 nitrogen and oxygen atoms in total. The molecule has 2 unspecified atom stereocenters. The van der Waals surface area contributed by atoms with Gasteiger partial charge in [0.25, 0.3) is 0 Å². The Morgan fingerprint density at radius 3 is 2.55 bits per heavy atom. The molecule has 1 N–H and O–H groups in total. The van der Waals surface area contributed by atoms with Crippen LogP contribution in [0, 0.1) is 11.8 Å². The lowest BCUT2D eigenvalue weighted by Gasteiger charge is -2.35. The van der Waals surface area contributed by atoms with E-state index in [4.69, 9.17) is 9.84 Å². The molecule has 0 radical (unpaired) electrons.